The number of amides is 1. The molecule has 1 saturated heterocycles. The smallest absolute Gasteiger partial charge is 0.251 e. The number of carbonyl (C=O) groups excluding carboxylic acids is 1. The molecule has 0 radical (unpaired) electrons. The summed E-state index contributed by atoms with van der Waals surface area (Å²) in [7, 11) is 0. The topological polar surface area (TPSA) is 63.4 Å². The Balaban J connectivity index is 1.35. The Morgan fingerprint density at radius 2 is 2.36 bits per heavy atom. The maximum Gasteiger partial charge on any atom is 0.251 e. The molecule has 2 aromatic rings. The summed E-state index contributed by atoms with van der Waals surface area (Å²) in [5, 5.41) is 4.04. The van der Waals surface area contributed by atoms with Gasteiger partial charge in [0.1, 0.15) is 0 Å². The van der Waals surface area contributed by atoms with Gasteiger partial charge in [-0.3, -0.25) is 4.79 Å². The highest BCUT2D eigenvalue weighted by molar-refractivity contribution is 5.97. The van der Waals surface area contributed by atoms with E-state index in [2.05, 4.69) is 10.3 Å². The lowest BCUT2D eigenvalue weighted by molar-refractivity contribution is 0.0853. The number of hydrogen-bond acceptors (Lipinski definition) is 3. The average Bonchev–Trinajstić information content (AvgIpc) is 3.20. The molecule has 1 atom stereocenters. The van der Waals surface area contributed by atoms with Gasteiger partial charge in [0.15, 0.2) is 0 Å². The minimum absolute atomic E-state index is 0.0410. The Morgan fingerprint density at radius 1 is 1.41 bits per heavy atom. The number of H-pyrrole nitrogens is 1. The Bertz CT molecular complexity index is 617. The molecule has 5 nitrogen and oxygen atoms in total. The maximum absolute atomic E-state index is 12.1. The molecule has 1 aliphatic heterocycles. The van der Waals surface area contributed by atoms with Gasteiger partial charge in [-0.15, -0.1) is 0 Å². The van der Waals surface area contributed by atoms with Crippen molar-refractivity contribution in [3.05, 3.63) is 36.0 Å². The Kier molecular flexibility index (Phi) is 5.08. The van der Waals surface area contributed by atoms with Crippen LogP contribution < -0.4 is 5.32 Å². The van der Waals surface area contributed by atoms with Gasteiger partial charge in [-0.25, -0.2) is 0 Å². The third-order valence-corrected chi connectivity index (χ3v) is 3.95. The predicted molar refractivity (Wildman–Crippen MR) is 85.0 cm³/mol. The largest absolute Gasteiger partial charge is 0.381 e. The first-order valence-corrected chi connectivity index (χ1v) is 7.84. The van der Waals surface area contributed by atoms with E-state index in [1.807, 2.05) is 30.5 Å². The molecule has 1 aliphatic rings. The molecule has 2 N–H and O–H groups in total. The maximum atomic E-state index is 12.1. The lowest BCUT2D eigenvalue weighted by Crippen LogP contribution is -2.25. The molecular formula is C17H22N2O3. The van der Waals surface area contributed by atoms with Gasteiger partial charge in [0.25, 0.3) is 5.91 Å². The van der Waals surface area contributed by atoms with Gasteiger partial charge in [-0.05, 0) is 36.4 Å². The van der Waals surface area contributed by atoms with Crippen LogP contribution >= 0.6 is 0 Å². The van der Waals surface area contributed by atoms with Crippen molar-refractivity contribution in [1.29, 1.82) is 0 Å². The summed E-state index contributed by atoms with van der Waals surface area (Å²) < 4.78 is 10.9. The molecule has 3 rings (SSSR count). The molecule has 1 aromatic carbocycles. The zero-order chi connectivity index (χ0) is 15.2. The van der Waals surface area contributed by atoms with E-state index in [0.717, 1.165) is 43.6 Å². The molecule has 0 saturated carbocycles. The Hall–Kier alpha value is -1.85. The molecule has 2 heterocycles. The van der Waals surface area contributed by atoms with Gasteiger partial charge < -0.3 is 19.8 Å². The van der Waals surface area contributed by atoms with E-state index in [0.29, 0.717) is 24.6 Å². The van der Waals surface area contributed by atoms with Crippen LogP contribution in [0.5, 0.6) is 0 Å². The minimum atomic E-state index is -0.0410. The van der Waals surface area contributed by atoms with E-state index in [-0.39, 0.29) is 5.91 Å². The third-order valence-electron chi connectivity index (χ3n) is 3.95. The number of ether oxygens (including phenoxy) is 2. The lowest BCUT2D eigenvalue weighted by atomic mass is 10.1. The van der Waals surface area contributed by atoms with Gasteiger partial charge in [0.05, 0.1) is 13.2 Å². The molecular weight excluding hydrogens is 280 g/mol. The normalized spacial score (nSPS) is 17.9. The van der Waals surface area contributed by atoms with Gasteiger partial charge in [0.2, 0.25) is 0 Å². The molecule has 0 aliphatic carbocycles. The second kappa shape index (κ2) is 7.42. The van der Waals surface area contributed by atoms with Crippen molar-refractivity contribution in [1.82, 2.24) is 10.3 Å². The number of hydrogen-bond donors (Lipinski definition) is 2. The van der Waals surface area contributed by atoms with Crippen molar-refractivity contribution in [2.24, 2.45) is 5.92 Å². The Labute approximate surface area is 130 Å². The average molecular weight is 302 g/mol. The third kappa shape index (κ3) is 3.87. The first-order valence-electron chi connectivity index (χ1n) is 7.84. The first kappa shape index (κ1) is 15.1. The highest BCUT2D eigenvalue weighted by atomic mass is 16.5. The summed E-state index contributed by atoms with van der Waals surface area (Å²) in [4.78, 5) is 15.2. The fourth-order valence-electron chi connectivity index (χ4n) is 2.63. The molecule has 5 heteroatoms. The standard InChI is InChI=1S/C17H22N2O3/c20-17(15-3-2-14-4-7-18-16(14)10-15)19-6-1-8-21-11-13-5-9-22-12-13/h2-4,7,10,13,18H,1,5-6,8-9,11-12H2,(H,19,20)/t13-/m0/s1. The number of aromatic nitrogens is 1. The van der Waals surface area contributed by atoms with E-state index in [4.69, 9.17) is 9.47 Å². The van der Waals surface area contributed by atoms with E-state index in [9.17, 15) is 4.79 Å². The van der Waals surface area contributed by atoms with E-state index < -0.39 is 0 Å². The lowest BCUT2D eigenvalue weighted by Gasteiger charge is -2.09. The highest BCUT2D eigenvalue weighted by Gasteiger charge is 2.15. The molecule has 1 fully saturated rings. The molecule has 1 aromatic heterocycles. The molecule has 0 bridgehead atoms. The summed E-state index contributed by atoms with van der Waals surface area (Å²) in [6, 6.07) is 7.67. The van der Waals surface area contributed by atoms with Crippen molar-refractivity contribution in [2.75, 3.05) is 33.0 Å². The van der Waals surface area contributed by atoms with Gasteiger partial charge in [-0.2, -0.15) is 0 Å². The van der Waals surface area contributed by atoms with Crippen molar-refractivity contribution in [2.45, 2.75) is 12.8 Å². The SMILES string of the molecule is O=C(NCCCOC[C@@H]1CCOC1)c1ccc2cc[nH]c2c1. The number of nitrogens with one attached hydrogen (secondary N) is 2. The second-order valence-corrected chi connectivity index (χ2v) is 5.69. The number of fused-ring (bicyclic) bond motifs is 1. The zero-order valence-corrected chi connectivity index (χ0v) is 12.6. The first-order chi connectivity index (χ1) is 10.8. The van der Waals surface area contributed by atoms with Crippen LogP contribution in [0.2, 0.25) is 0 Å². The van der Waals surface area contributed by atoms with Gasteiger partial charge in [-0.1, -0.05) is 6.07 Å². The summed E-state index contributed by atoms with van der Waals surface area (Å²) >= 11 is 0. The monoisotopic (exact) mass is 302 g/mol. The number of aromatic amines is 1. The molecule has 1 amide bonds. The zero-order valence-electron chi connectivity index (χ0n) is 12.6. The minimum Gasteiger partial charge on any atom is -0.381 e. The van der Waals surface area contributed by atoms with Crippen LogP contribution in [0.3, 0.4) is 0 Å². The van der Waals surface area contributed by atoms with Crippen LogP contribution in [0.15, 0.2) is 30.5 Å². The quantitative estimate of drug-likeness (QED) is 0.772. The van der Waals surface area contributed by atoms with Crippen molar-refractivity contribution in [3.63, 3.8) is 0 Å². The summed E-state index contributed by atoms with van der Waals surface area (Å²) in [6.07, 6.45) is 3.79. The van der Waals surface area contributed by atoms with Crippen LogP contribution in [0.4, 0.5) is 0 Å². The van der Waals surface area contributed by atoms with Crippen molar-refractivity contribution >= 4 is 16.8 Å². The Morgan fingerprint density at radius 3 is 3.23 bits per heavy atom. The molecule has 22 heavy (non-hydrogen) atoms. The number of rotatable bonds is 7. The van der Waals surface area contributed by atoms with Crippen molar-refractivity contribution in [3.8, 4) is 0 Å². The fourth-order valence-corrected chi connectivity index (χ4v) is 2.63. The summed E-state index contributed by atoms with van der Waals surface area (Å²) in [5.41, 5.74) is 1.66. The van der Waals surface area contributed by atoms with Crippen LogP contribution in [0.1, 0.15) is 23.2 Å². The van der Waals surface area contributed by atoms with Crippen LogP contribution in [0.25, 0.3) is 10.9 Å². The highest BCUT2D eigenvalue weighted by Crippen LogP contribution is 2.14. The van der Waals surface area contributed by atoms with Crippen molar-refractivity contribution < 1.29 is 14.3 Å². The van der Waals surface area contributed by atoms with Gasteiger partial charge >= 0.3 is 0 Å². The molecule has 118 valence electrons. The van der Waals surface area contributed by atoms with E-state index >= 15 is 0 Å². The van der Waals surface area contributed by atoms with E-state index in [1.165, 1.54) is 0 Å². The fraction of sp³-hybridized carbons (Fsp3) is 0.471. The second-order valence-electron chi connectivity index (χ2n) is 5.69. The van der Waals surface area contributed by atoms with Gasteiger partial charge in [0, 0.05) is 43.0 Å². The van der Waals surface area contributed by atoms with Crippen LogP contribution in [0, 0.1) is 5.92 Å². The number of benzene rings is 1. The molecule has 0 unspecified atom stereocenters. The van der Waals surface area contributed by atoms with Crippen LogP contribution in [-0.4, -0.2) is 43.9 Å². The van der Waals surface area contributed by atoms with Crippen LogP contribution in [-0.2, 0) is 9.47 Å². The summed E-state index contributed by atoms with van der Waals surface area (Å²) in [6.45, 7) is 3.74. The predicted octanol–water partition coefficient (Wildman–Crippen LogP) is 2.34. The molecule has 0 spiro atoms. The van der Waals surface area contributed by atoms with E-state index in [1.54, 1.807) is 0 Å². The summed E-state index contributed by atoms with van der Waals surface area (Å²) in [5.74, 6) is 0.503. The number of carbonyl (C=O) groups is 1.